The minimum Gasteiger partial charge on any atom is -0.481 e. The molecule has 7 nitrogen and oxygen atoms in total. The molecule has 0 unspecified atom stereocenters. The Morgan fingerprint density at radius 1 is 1.47 bits per heavy atom. The largest absolute Gasteiger partial charge is 0.481 e. The second-order valence-corrected chi connectivity index (χ2v) is 5.12. The van der Waals surface area contributed by atoms with Crippen LogP contribution in [0.4, 0.5) is 0 Å². The molecule has 15 heavy (non-hydrogen) atoms. The van der Waals surface area contributed by atoms with E-state index in [1.165, 1.54) is 0 Å². The van der Waals surface area contributed by atoms with E-state index in [4.69, 9.17) is 20.1 Å². The van der Waals surface area contributed by atoms with E-state index in [0.717, 1.165) is 6.92 Å². The van der Waals surface area contributed by atoms with Crippen LogP contribution in [0.15, 0.2) is 0 Å². The summed E-state index contributed by atoms with van der Waals surface area (Å²) in [6.07, 6.45) is -0.349. The molecule has 1 aliphatic rings. The number of hydrogen-bond donors (Lipinski definition) is 4. The summed E-state index contributed by atoms with van der Waals surface area (Å²) in [5.74, 6) is -0.833. The molecular weight excluding hydrogens is 224 g/mol. The molecule has 5 N–H and O–H groups in total. The number of rotatable bonds is 1. The monoisotopic (exact) mass is 240 g/mol. The highest BCUT2D eigenvalue weighted by Crippen LogP contribution is 2.08. The third-order valence-electron chi connectivity index (χ3n) is 1.75. The second-order valence-electron chi connectivity index (χ2n) is 3.28. The third-order valence-corrected chi connectivity index (χ3v) is 3.04. The van der Waals surface area contributed by atoms with Crippen molar-refractivity contribution >= 4 is 16.0 Å². The van der Waals surface area contributed by atoms with Gasteiger partial charge in [-0.25, -0.2) is 13.6 Å². The van der Waals surface area contributed by atoms with Crippen LogP contribution < -0.4 is 10.5 Å². The summed E-state index contributed by atoms with van der Waals surface area (Å²) >= 11 is 0. The van der Waals surface area contributed by atoms with Gasteiger partial charge in [0.2, 0.25) is 10.0 Å². The molecule has 0 bridgehead atoms. The lowest BCUT2D eigenvalue weighted by Crippen LogP contribution is -2.47. The quantitative estimate of drug-likeness (QED) is 0.423. The molecule has 2 atom stereocenters. The van der Waals surface area contributed by atoms with Crippen LogP contribution in [0.1, 0.15) is 13.3 Å². The van der Waals surface area contributed by atoms with Crippen molar-refractivity contribution in [1.82, 2.24) is 5.32 Å². The molecule has 1 saturated heterocycles. The first-order chi connectivity index (χ1) is 6.73. The summed E-state index contributed by atoms with van der Waals surface area (Å²) in [4.78, 5) is 9.00. The number of aliphatic hydroxyl groups excluding tert-OH is 1. The van der Waals surface area contributed by atoms with Gasteiger partial charge in [-0.15, -0.1) is 0 Å². The van der Waals surface area contributed by atoms with Crippen molar-refractivity contribution in [1.29, 1.82) is 0 Å². The van der Waals surface area contributed by atoms with Crippen LogP contribution in [0.3, 0.4) is 0 Å². The maximum atomic E-state index is 10.8. The van der Waals surface area contributed by atoms with Crippen molar-refractivity contribution in [2.75, 3.05) is 13.1 Å². The van der Waals surface area contributed by atoms with Gasteiger partial charge in [0.1, 0.15) is 0 Å². The Morgan fingerprint density at radius 2 is 1.93 bits per heavy atom. The summed E-state index contributed by atoms with van der Waals surface area (Å²) in [7, 11) is -3.48. The number of sulfonamides is 1. The van der Waals surface area contributed by atoms with E-state index in [-0.39, 0.29) is 6.42 Å². The van der Waals surface area contributed by atoms with E-state index >= 15 is 0 Å². The van der Waals surface area contributed by atoms with Gasteiger partial charge in [-0.05, 0) is 6.42 Å². The first-order valence-electron chi connectivity index (χ1n) is 4.33. The van der Waals surface area contributed by atoms with E-state index in [9.17, 15) is 8.42 Å². The fraction of sp³-hybridized carbons (Fsp3) is 0.857. The first-order valence-corrected chi connectivity index (χ1v) is 5.94. The predicted molar refractivity (Wildman–Crippen MR) is 53.7 cm³/mol. The van der Waals surface area contributed by atoms with Crippen molar-refractivity contribution in [2.24, 2.45) is 5.14 Å². The lowest BCUT2D eigenvalue weighted by Gasteiger charge is -2.24. The van der Waals surface area contributed by atoms with Crippen molar-refractivity contribution in [2.45, 2.75) is 24.7 Å². The maximum absolute atomic E-state index is 10.8. The molecule has 0 aliphatic carbocycles. The Hall–Kier alpha value is -0.700. The van der Waals surface area contributed by atoms with E-state index in [1.54, 1.807) is 0 Å². The molecule has 0 aromatic heterocycles. The van der Waals surface area contributed by atoms with E-state index in [2.05, 4.69) is 5.32 Å². The molecule has 0 radical (unpaired) electrons. The molecule has 90 valence electrons. The Kier molecular flexibility index (Phi) is 5.73. The van der Waals surface area contributed by atoms with Crippen LogP contribution in [0.25, 0.3) is 0 Å². The molecule has 0 spiro atoms. The number of carboxylic acids is 1. The Labute approximate surface area is 88.3 Å². The molecule has 0 aromatic carbocycles. The number of nitrogens with two attached hydrogens (primary N) is 1. The van der Waals surface area contributed by atoms with Crippen molar-refractivity contribution < 1.29 is 23.4 Å². The topological polar surface area (TPSA) is 130 Å². The summed E-state index contributed by atoms with van der Waals surface area (Å²) in [5, 5.41) is 23.5. The van der Waals surface area contributed by atoms with Crippen LogP contribution in [0.5, 0.6) is 0 Å². The van der Waals surface area contributed by atoms with Crippen molar-refractivity contribution in [3.63, 3.8) is 0 Å². The fourth-order valence-electron chi connectivity index (χ4n) is 1.13. The fourth-order valence-corrected chi connectivity index (χ4v) is 1.97. The van der Waals surface area contributed by atoms with Gasteiger partial charge in [0.05, 0.1) is 11.4 Å². The number of carbonyl (C=O) groups is 1. The third kappa shape index (κ3) is 7.25. The Bertz CT molecular complexity index is 299. The lowest BCUT2D eigenvalue weighted by atomic mass is 10.1. The highest BCUT2D eigenvalue weighted by molar-refractivity contribution is 7.89. The summed E-state index contributed by atoms with van der Waals surface area (Å²) in [6, 6.07) is 0. The van der Waals surface area contributed by atoms with Gasteiger partial charge >= 0.3 is 0 Å². The minimum absolute atomic E-state index is 0.242. The van der Waals surface area contributed by atoms with Gasteiger partial charge in [0.15, 0.2) is 0 Å². The van der Waals surface area contributed by atoms with Gasteiger partial charge in [-0.2, -0.15) is 0 Å². The minimum atomic E-state index is -3.48. The molecule has 0 amide bonds. The average molecular weight is 240 g/mol. The summed E-state index contributed by atoms with van der Waals surface area (Å²) < 4.78 is 21.5. The standard InChI is InChI=1S/C5H12N2O3S.C2H4O2/c6-11(9,10)5-1-4(8)2-7-3-5;1-2(3)4/h4-5,7-8H,1-3H2,(H2,6,9,10);1H3,(H,3,4)/t4-,5+;/m1./s1. The van der Waals surface area contributed by atoms with E-state index in [0.29, 0.717) is 13.1 Å². The zero-order valence-corrected chi connectivity index (χ0v) is 9.20. The average Bonchev–Trinajstić information content (AvgIpc) is 2.01. The predicted octanol–water partition coefficient (Wildman–Crippen LogP) is -1.91. The number of aliphatic carboxylic acids is 1. The van der Waals surface area contributed by atoms with Gasteiger partial charge < -0.3 is 15.5 Å². The molecule has 1 aliphatic heterocycles. The number of piperidine rings is 1. The van der Waals surface area contributed by atoms with Crippen LogP contribution in [-0.2, 0) is 14.8 Å². The number of carboxylic acid groups (broad SMARTS) is 1. The van der Waals surface area contributed by atoms with Crippen LogP contribution in [0, 0.1) is 0 Å². The molecule has 1 heterocycles. The van der Waals surface area contributed by atoms with Crippen molar-refractivity contribution in [3.8, 4) is 0 Å². The summed E-state index contributed by atoms with van der Waals surface area (Å²) in [5.41, 5.74) is 0. The number of nitrogens with one attached hydrogen (secondary N) is 1. The van der Waals surface area contributed by atoms with Gasteiger partial charge in [0.25, 0.3) is 5.97 Å². The van der Waals surface area contributed by atoms with Gasteiger partial charge in [0, 0.05) is 20.0 Å². The van der Waals surface area contributed by atoms with Crippen LogP contribution >= 0.6 is 0 Å². The van der Waals surface area contributed by atoms with Gasteiger partial charge in [-0.3, -0.25) is 4.79 Å². The SMILES string of the molecule is CC(=O)O.NS(=O)(=O)[C@@H]1CNC[C@H](O)C1. The highest BCUT2D eigenvalue weighted by Gasteiger charge is 2.27. The zero-order valence-electron chi connectivity index (χ0n) is 8.38. The van der Waals surface area contributed by atoms with Crippen LogP contribution in [-0.4, -0.2) is 49.0 Å². The van der Waals surface area contributed by atoms with Gasteiger partial charge in [-0.1, -0.05) is 0 Å². The van der Waals surface area contributed by atoms with Crippen LogP contribution in [0.2, 0.25) is 0 Å². The number of β-amino-alcohol motifs (C(OH)–C–C–N with tert-alkyl or cyclic N) is 1. The molecule has 1 fully saturated rings. The second kappa shape index (κ2) is 6.01. The highest BCUT2D eigenvalue weighted by atomic mass is 32.2. The first kappa shape index (κ1) is 14.3. The Balaban J connectivity index is 0.000000423. The Morgan fingerprint density at radius 3 is 2.20 bits per heavy atom. The normalized spacial score (nSPS) is 26.3. The smallest absolute Gasteiger partial charge is 0.300 e. The number of aliphatic hydroxyl groups is 1. The maximum Gasteiger partial charge on any atom is 0.300 e. The van der Waals surface area contributed by atoms with Crippen molar-refractivity contribution in [3.05, 3.63) is 0 Å². The molecule has 8 heteroatoms. The van der Waals surface area contributed by atoms with E-state index in [1.807, 2.05) is 0 Å². The zero-order chi connectivity index (χ0) is 12.1. The lowest BCUT2D eigenvalue weighted by molar-refractivity contribution is -0.134. The van der Waals surface area contributed by atoms with E-state index < -0.39 is 27.3 Å². The molecular formula is C7H16N2O5S. The number of primary sulfonamides is 1. The number of hydrogen-bond acceptors (Lipinski definition) is 5. The summed E-state index contributed by atoms with van der Waals surface area (Å²) in [6.45, 7) is 1.88. The molecule has 0 aromatic rings. The molecule has 0 saturated carbocycles. The molecule has 1 rings (SSSR count).